The first-order chi connectivity index (χ1) is 6.74. The number of hydrogen-bond acceptors (Lipinski definition) is 2. The Balaban J connectivity index is 2.27. The lowest BCUT2D eigenvalue weighted by atomic mass is 10.2. The van der Waals surface area contributed by atoms with Gasteiger partial charge in [0.2, 0.25) is 5.91 Å². The van der Waals surface area contributed by atoms with Gasteiger partial charge in [0.25, 0.3) is 0 Å². The summed E-state index contributed by atoms with van der Waals surface area (Å²) in [4.78, 5) is 16.1. The highest BCUT2D eigenvalue weighted by Crippen LogP contribution is 2.00. The van der Waals surface area contributed by atoms with E-state index in [-0.39, 0.29) is 5.91 Å². The van der Waals surface area contributed by atoms with Crippen LogP contribution in [0.2, 0.25) is 0 Å². The molecule has 0 bridgehead atoms. The van der Waals surface area contributed by atoms with E-state index in [1.165, 1.54) is 5.56 Å². The van der Waals surface area contributed by atoms with Gasteiger partial charge in [0.15, 0.2) is 0 Å². The Morgan fingerprint density at radius 1 is 1.64 bits per heavy atom. The maximum atomic E-state index is 11.4. The standard InChI is InChI=1S/C10H16N2OS/c1-12(10(13)4-7-14)6-3-9-2-5-11-8-9/h2,5,8,11,14H,3-4,6-7H2,1H3. The second-order valence-electron chi connectivity index (χ2n) is 3.26. The van der Waals surface area contributed by atoms with Crippen molar-refractivity contribution in [3.05, 3.63) is 24.0 Å². The molecule has 0 aliphatic heterocycles. The first-order valence-electron chi connectivity index (χ1n) is 4.70. The van der Waals surface area contributed by atoms with Gasteiger partial charge in [0.1, 0.15) is 0 Å². The molecular formula is C10H16N2OS. The summed E-state index contributed by atoms with van der Waals surface area (Å²) in [6.45, 7) is 0.768. The lowest BCUT2D eigenvalue weighted by Crippen LogP contribution is -2.28. The van der Waals surface area contributed by atoms with Crippen molar-refractivity contribution in [3.8, 4) is 0 Å². The van der Waals surface area contributed by atoms with Crippen molar-refractivity contribution < 1.29 is 4.79 Å². The van der Waals surface area contributed by atoms with Crippen LogP contribution in [-0.4, -0.2) is 35.1 Å². The van der Waals surface area contributed by atoms with E-state index in [1.807, 2.05) is 25.5 Å². The number of likely N-dealkylation sites (N-methyl/N-ethyl adjacent to an activating group) is 1. The molecule has 0 atom stereocenters. The Bertz CT molecular complexity index is 272. The Morgan fingerprint density at radius 2 is 2.43 bits per heavy atom. The number of amides is 1. The molecule has 0 aliphatic rings. The predicted molar refractivity (Wildman–Crippen MR) is 60.6 cm³/mol. The fraction of sp³-hybridized carbons (Fsp3) is 0.500. The summed E-state index contributed by atoms with van der Waals surface area (Å²) in [5.74, 6) is 0.781. The number of aromatic amines is 1. The molecule has 14 heavy (non-hydrogen) atoms. The molecule has 0 aromatic carbocycles. The van der Waals surface area contributed by atoms with E-state index >= 15 is 0 Å². The van der Waals surface area contributed by atoms with Crippen LogP contribution in [0.3, 0.4) is 0 Å². The molecule has 0 spiro atoms. The zero-order valence-corrected chi connectivity index (χ0v) is 9.26. The predicted octanol–water partition coefficient (Wildman–Crippen LogP) is 1.34. The minimum absolute atomic E-state index is 0.163. The number of carbonyl (C=O) groups excluding carboxylic acids is 1. The number of carbonyl (C=O) groups is 1. The largest absolute Gasteiger partial charge is 0.367 e. The van der Waals surface area contributed by atoms with Crippen molar-refractivity contribution >= 4 is 18.5 Å². The Hall–Kier alpha value is -0.900. The van der Waals surface area contributed by atoms with Crippen molar-refractivity contribution in [2.45, 2.75) is 12.8 Å². The Morgan fingerprint density at radius 3 is 3.00 bits per heavy atom. The molecule has 1 aromatic rings. The number of aromatic nitrogens is 1. The third-order valence-corrected chi connectivity index (χ3v) is 2.37. The molecule has 1 rings (SSSR count). The van der Waals surface area contributed by atoms with E-state index in [4.69, 9.17) is 0 Å². The molecule has 0 unspecified atom stereocenters. The van der Waals surface area contributed by atoms with Crippen LogP contribution in [0.5, 0.6) is 0 Å². The van der Waals surface area contributed by atoms with Gasteiger partial charge < -0.3 is 9.88 Å². The van der Waals surface area contributed by atoms with E-state index in [0.717, 1.165) is 13.0 Å². The topological polar surface area (TPSA) is 36.1 Å². The average molecular weight is 212 g/mol. The van der Waals surface area contributed by atoms with Gasteiger partial charge in [-0.05, 0) is 23.8 Å². The van der Waals surface area contributed by atoms with Crippen LogP contribution in [-0.2, 0) is 11.2 Å². The minimum Gasteiger partial charge on any atom is -0.367 e. The molecule has 0 saturated carbocycles. The Labute approximate surface area is 89.9 Å². The van der Waals surface area contributed by atoms with Crippen LogP contribution in [0.15, 0.2) is 18.5 Å². The van der Waals surface area contributed by atoms with Crippen LogP contribution in [0, 0.1) is 0 Å². The zero-order valence-electron chi connectivity index (χ0n) is 8.36. The van der Waals surface area contributed by atoms with Gasteiger partial charge in [-0.1, -0.05) is 0 Å². The highest BCUT2D eigenvalue weighted by molar-refractivity contribution is 7.80. The molecule has 78 valence electrons. The monoisotopic (exact) mass is 212 g/mol. The zero-order chi connectivity index (χ0) is 10.4. The second kappa shape index (κ2) is 5.75. The quantitative estimate of drug-likeness (QED) is 0.710. The van der Waals surface area contributed by atoms with Crippen LogP contribution >= 0.6 is 12.6 Å². The van der Waals surface area contributed by atoms with E-state index in [0.29, 0.717) is 12.2 Å². The molecule has 0 saturated heterocycles. The molecule has 1 heterocycles. The molecule has 1 aromatic heterocycles. The highest BCUT2D eigenvalue weighted by Gasteiger charge is 2.06. The van der Waals surface area contributed by atoms with Gasteiger partial charge in [0.05, 0.1) is 0 Å². The highest BCUT2D eigenvalue weighted by atomic mass is 32.1. The van der Waals surface area contributed by atoms with Gasteiger partial charge in [0, 0.05) is 32.4 Å². The number of thiol groups is 1. The van der Waals surface area contributed by atoms with Gasteiger partial charge in [-0.25, -0.2) is 0 Å². The van der Waals surface area contributed by atoms with Crippen molar-refractivity contribution in [3.63, 3.8) is 0 Å². The van der Waals surface area contributed by atoms with Crippen molar-refractivity contribution in [1.82, 2.24) is 9.88 Å². The van der Waals surface area contributed by atoms with Gasteiger partial charge in [-0.15, -0.1) is 0 Å². The average Bonchev–Trinajstić information content (AvgIpc) is 2.67. The summed E-state index contributed by atoms with van der Waals surface area (Å²) in [6, 6.07) is 2.02. The molecule has 0 radical (unpaired) electrons. The molecule has 4 heteroatoms. The summed E-state index contributed by atoms with van der Waals surface area (Å²) in [5.41, 5.74) is 1.23. The normalized spacial score (nSPS) is 10.1. The summed E-state index contributed by atoms with van der Waals surface area (Å²) < 4.78 is 0. The van der Waals surface area contributed by atoms with E-state index in [1.54, 1.807) is 4.90 Å². The molecule has 3 nitrogen and oxygen atoms in total. The van der Waals surface area contributed by atoms with E-state index in [9.17, 15) is 4.79 Å². The van der Waals surface area contributed by atoms with E-state index in [2.05, 4.69) is 17.6 Å². The minimum atomic E-state index is 0.163. The van der Waals surface area contributed by atoms with Crippen molar-refractivity contribution in [2.24, 2.45) is 0 Å². The Kier molecular flexibility index (Phi) is 4.59. The first kappa shape index (κ1) is 11.2. The first-order valence-corrected chi connectivity index (χ1v) is 5.33. The lowest BCUT2D eigenvalue weighted by molar-refractivity contribution is -0.129. The number of hydrogen-bond donors (Lipinski definition) is 2. The molecule has 0 aliphatic carbocycles. The van der Waals surface area contributed by atoms with Gasteiger partial charge in [-0.2, -0.15) is 12.6 Å². The third kappa shape index (κ3) is 3.46. The van der Waals surface area contributed by atoms with Gasteiger partial charge >= 0.3 is 0 Å². The summed E-state index contributed by atoms with van der Waals surface area (Å²) >= 11 is 4.03. The lowest BCUT2D eigenvalue weighted by Gasteiger charge is -2.15. The van der Waals surface area contributed by atoms with Crippen LogP contribution in [0.1, 0.15) is 12.0 Å². The molecule has 1 amide bonds. The number of nitrogens with zero attached hydrogens (tertiary/aromatic N) is 1. The van der Waals surface area contributed by atoms with Crippen LogP contribution in [0.25, 0.3) is 0 Å². The summed E-state index contributed by atoms with van der Waals surface area (Å²) in [5, 5.41) is 0. The molecular weight excluding hydrogens is 196 g/mol. The maximum Gasteiger partial charge on any atom is 0.223 e. The van der Waals surface area contributed by atoms with Crippen LogP contribution in [0.4, 0.5) is 0 Å². The SMILES string of the molecule is CN(CCc1cc[nH]c1)C(=O)CCS. The number of H-pyrrole nitrogens is 1. The molecule has 0 fully saturated rings. The fourth-order valence-corrected chi connectivity index (χ4v) is 1.41. The third-order valence-electron chi connectivity index (χ3n) is 2.15. The van der Waals surface area contributed by atoms with Gasteiger partial charge in [-0.3, -0.25) is 4.79 Å². The van der Waals surface area contributed by atoms with Crippen molar-refractivity contribution in [1.29, 1.82) is 0 Å². The van der Waals surface area contributed by atoms with Crippen molar-refractivity contribution in [2.75, 3.05) is 19.3 Å². The summed E-state index contributed by atoms with van der Waals surface area (Å²) in [7, 11) is 1.83. The van der Waals surface area contributed by atoms with Crippen LogP contribution < -0.4 is 0 Å². The number of nitrogens with one attached hydrogen (secondary N) is 1. The maximum absolute atomic E-state index is 11.4. The van der Waals surface area contributed by atoms with E-state index < -0.39 is 0 Å². The molecule has 1 N–H and O–H groups in total. The number of rotatable bonds is 5. The smallest absolute Gasteiger partial charge is 0.223 e. The fourth-order valence-electron chi connectivity index (χ4n) is 1.22. The summed E-state index contributed by atoms with van der Waals surface area (Å²) in [6.07, 6.45) is 5.27. The second-order valence-corrected chi connectivity index (χ2v) is 3.71.